The summed E-state index contributed by atoms with van der Waals surface area (Å²) < 4.78 is 28.0. The first-order valence-corrected chi connectivity index (χ1v) is 11.4. The molecule has 11 heteroatoms. The molecule has 0 bridgehead atoms. The van der Waals surface area contributed by atoms with Crippen molar-refractivity contribution in [2.45, 2.75) is 19.0 Å². The van der Waals surface area contributed by atoms with Crippen LogP contribution in [0.15, 0.2) is 48.8 Å². The van der Waals surface area contributed by atoms with Gasteiger partial charge in [-0.05, 0) is 44.8 Å². The zero-order chi connectivity index (χ0) is 25.8. The van der Waals surface area contributed by atoms with E-state index >= 15 is 0 Å². The number of primary amides is 1. The van der Waals surface area contributed by atoms with E-state index in [1.807, 2.05) is 19.0 Å². The molecular formula is C25H27F2N7O2. The lowest BCUT2D eigenvalue weighted by molar-refractivity contribution is 0.0782. The summed E-state index contributed by atoms with van der Waals surface area (Å²) in [6.45, 7) is 1.17. The van der Waals surface area contributed by atoms with Crippen LogP contribution in [-0.2, 0) is 6.54 Å². The molecule has 1 fully saturated rings. The fraction of sp³-hybridized carbons (Fsp3) is 0.280. The Hall–Kier alpha value is -4.12. The number of halogens is 2. The number of hydrogen-bond donors (Lipinski definition) is 3. The van der Waals surface area contributed by atoms with Crippen LogP contribution >= 0.6 is 0 Å². The maximum Gasteiger partial charge on any atom is 0.255 e. The molecular weight excluding hydrogens is 468 g/mol. The Balaban J connectivity index is 1.46. The van der Waals surface area contributed by atoms with Gasteiger partial charge in [-0.1, -0.05) is 6.07 Å². The van der Waals surface area contributed by atoms with E-state index in [9.17, 15) is 18.4 Å². The van der Waals surface area contributed by atoms with Gasteiger partial charge in [0.25, 0.3) is 11.8 Å². The largest absolute Gasteiger partial charge is 0.380 e. The van der Waals surface area contributed by atoms with Crippen LogP contribution in [-0.4, -0.2) is 64.8 Å². The number of anilines is 3. The van der Waals surface area contributed by atoms with E-state index in [4.69, 9.17) is 5.73 Å². The first-order valence-electron chi connectivity index (χ1n) is 11.4. The molecule has 2 aromatic heterocycles. The van der Waals surface area contributed by atoms with Crippen LogP contribution in [0, 0.1) is 11.6 Å². The van der Waals surface area contributed by atoms with E-state index in [2.05, 4.69) is 25.5 Å². The number of nitrogens with zero attached hydrogens (tertiary/aromatic N) is 4. The van der Waals surface area contributed by atoms with E-state index in [0.29, 0.717) is 36.3 Å². The van der Waals surface area contributed by atoms with Crippen molar-refractivity contribution >= 4 is 29.1 Å². The van der Waals surface area contributed by atoms with E-state index in [-0.39, 0.29) is 29.3 Å². The summed E-state index contributed by atoms with van der Waals surface area (Å²) in [7, 11) is 4.01. The Morgan fingerprint density at radius 1 is 1.11 bits per heavy atom. The Morgan fingerprint density at radius 2 is 1.83 bits per heavy atom. The zero-order valence-electron chi connectivity index (χ0n) is 20.0. The van der Waals surface area contributed by atoms with Gasteiger partial charge in [-0.3, -0.25) is 9.59 Å². The van der Waals surface area contributed by atoms with Gasteiger partial charge in [0.15, 0.2) is 0 Å². The highest BCUT2D eigenvalue weighted by Gasteiger charge is 2.28. The second-order valence-corrected chi connectivity index (χ2v) is 8.75. The lowest BCUT2D eigenvalue weighted by atomic mass is 10.1. The average molecular weight is 496 g/mol. The van der Waals surface area contributed by atoms with Crippen molar-refractivity contribution in [3.8, 4) is 0 Å². The van der Waals surface area contributed by atoms with Crippen LogP contribution in [0.5, 0.6) is 0 Å². The van der Waals surface area contributed by atoms with E-state index in [1.54, 1.807) is 12.1 Å². The van der Waals surface area contributed by atoms with Crippen molar-refractivity contribution < 1.29 is 18.4 Å². The highest BCUT2D eigenvalue weighted by atomic mass is 19.1. The number of benzene rings is 1. The molecule has 1 unspecified atom stereocenters. The van der Waals surface area contributed by atoms with Crippen LogP contribution in [0.2, 0.25) is 0 Å². The predicted molar refractivity (Wildman–Crippen MR) is 132 cm³/mol. The monoisotopic (exact) mass is 495 g/mol. The van der Waals surface area contributed by atoms with Gasteiger partial charge in [-0.2, -0.15) is 0 Å². The van der Waals surface area contributed by atoms with Crippen molar-refractivity contribution in [3.05, 3.63) is 77.1 Å². The van der Waals surface area contributed by atoms with Crippen LogP contribution < -0.4 is 16.4 Å². The summed E-state index contributed by atoms with van der Waals surface area (Å²) in [5.74, 6) is -1.50. The van der Waals surface area contributed by atoms with E-state index < -0.39 is 17.5 Å². The molecule has 1 saturated heterocycles. The minimum atomic E-state index is -0.745. The number of amides is 2. The van der Waals surface area contributed by atoms with Crippen molar-refractivity contribution in [3.63, 3.8) is 0 Å². The summed E-state index contributed by atoms with van der Waals surface area (Å²) >= 11 is 0. The highest BCUT2D eigenvalue weighted by Crippen LogP contribution is 2.23. The first kappa shape index (κ1) is 25.0. The number of rotatable bonds is 8. The normalized spacial score (nSPS) is 15.2. The summed E-state index contributed by atoms with van der Waals surface area (Å²) in [4.78, 5) is 37.0. The van der Waals surface area contributed by atoms with Crippen LogP contribution in [0.1, 0.15) is 32.7 Å². The summed E-state index contributed by atoms with van der Waals surface area (Å²) in [5.41, 5.74) is 6.05. The van der Waals surface area contributed by atoms with Gasteiger partial charge in [-0.25, -0.2) is 18.7 Å². The molecule has 1 atom stereocenters. The quantitative estimate of drug-likeness (QED) is 0.440. The molecule has 0 aliphatic carbocycles. The topological polar surface area (TPSA) is 116 Å². The number of likely N-dealkylation sites (tertiary alicyclic amines) is 1. The molecule has 2 amide bonds. The molecule has 36 heavy (non-hydrogen) atoms. The molecule has 188 valence electrons. The number of pyridine rings is 2. The Morgan fingerprint density at radius 3 is 2.44 bits per heavy atom. The maximum atomic E-state index is 14.0. The molecule has 1 aliphatic heterocycles. The molecule has 9 nitrogen and oxygen atoms in total. The number of hydrogen-bond acceptors (Lipinski definition) is 7. The lowest BCUT2D eigenvalue weighted by Gasteiger charge is -2.20. The summed E-state index contributed by atoms with van der Waals surface area (Å²) in [5, 5.41) is 5.85. The number of carbonyl (C=O) groups excluding carboxylic acids is 2. The Labute approximate surface area is 207 Å². The molecule has 1 aliphatic rings. The second-order valence-electron chi connectivity index (χ2n) is 8.75. The number of likely N-dealkylation sites (N-methyl/N-ethyl adjacent to an activating group) is 1. The minimum absolute atomic E-state index is 0.0628. The highest BCUT2D eigenvalue weighted by molar-refractivity contribution is 5.98. The third-order valence-corrected chi connectivity index (χ3v) is 6.13. The summed E-state index contributed by atoms with van der Waals surface area (Å²) in [6, 6.07) is 8.74. The van der Waals surface area contributed by atoms with Gasteiger partial charge in [0.1, 0.15) is 23.3 Å². The second kappa shape index (κ2) is 10.6. The van der Waals surface area contributed by atoms with Crippen LogP contribution in [0.4, 0.5) is 26.1 Å². The van der Waals surface area contributed by atoms with Gasteiger partial charge in [0.05, 0.1) is 16.8 Å². The van der Waals surface area contributed by atoms with Crippen LogP contribution in [0.25, 0.3) is 0 Å². The summed E-state index contributed by atoms with van der Waals surface area (Å²) in [6.07, 6.45) is 3.68. The Kier molecular flexibility index (Phi) is 7.39. The van der Waals surface area contributed by atoms with E-state index in [1.165, 1.54) is 24.5 Å². The standard InChI is InChI=1S/C25H27F2N7O2/c1-33(2)16-8-9-34(14-16)25(36)15-6-7-22(30-11-15)32-23-10-21(18(13-31-23)24(28)35)29-12-17-19(26)4-3-5-20(17)27/h3-7,10-11,13,16H,8-9,12,14H2,1-2H3,(H2,28,35)(H2,29,30,31,32). The minimum Gasteiger partial charge on any atom is -0.380 e. The molecule has 0 radical (unpaired) electrons. The van der Waals surface area contributed by atoms with Crippen molar-refractivity contribution in [1.82, 2.24) is 19.8 Å². The third kappa shape index (κ3) is 5.57. The molecule has 3 heterocycles. The molecule has 4 rings (SSSR count). The van der Waals surface area contributed by atoms with Gasteiger partial charge in [0, 0.05) is 49.7 Å². The first-order chi connectivity index (χ1) is 17.2. The fourth-order valence-corrected chi connectivity index (χ4v) is 4.01. The van der Waals surface area contributed by atoms with Crippen molar-refractivity contribution in [2.24, 2.45) is 5.73 Å². The SMILES string of the molecule is CN(C)C1CCN(C(=O)c2ccc(Nc3cc(NCc4c(F)cccc4F)c(C(N)=O)cn3)nc2)C1. The van der Waals surface area contributed by atoms with Crippen molar-refractivity contribution in [1.29, 1.82) is 0 Å². The van der Waals surface area contributed by atoms with Gasteiger partial charge in [0.2, 0.25) is 0 Å². The predicted octanol–water partition coefficient (Wildman–Crippen LogP) is 2.99. The third-order valence-electron chi connectivity index (χ3n) is 6.13. The molecule has 0 saturated carbocycles. The maximum absolute atomic E-state index is 14.0. The smallest absolute Gasteiger partial charge is 0.255 e. The molecule has 1 aromatic carbocycles. The van der Waals surface area contributed by atoms with Gasteiger partial charge in [-0.15, -0.1) is 0 Å². The van der Waals surface area contributed by atoms with E-state index in [0.717, 1.165) is 18.6 Å². The number of nitrogens with two attached hydrogens (primary N) is 1. The molecule has 3 aromatic rings. The van der Waals surface area contributed by atoms with Gasteiger partial charge >= 0.3 is 0 Å². The Bertz CT molecular complexity index is 1250. The van der Waals surface area contributed by atoms with Gasteiger partial charge < -0.3 is 26.2 Å². The number of carbonyl (C=O) groups is 2. The lowest BCUT2D eigenvalue weighted by Crippen LogP contribution is -2.34. The zero-order valence-corrected chi connectivity index (χ0v) is 20.0. The average Bonchev–Trinajstić information content (AvgIpc) is 3.35. The van der Waals surface area contributed by atoms with Crippen LogP contribution in [0.3, 0.4) is 0 Å². The number of aromatic nitrogens is 2. The van der Waals surface area contributed by atoms with Crippen molar-refractivity contribution in [2.75, 3.05) is 37.8 Å². The fourth-order valence-electron chi connectivity index (χ4n) is 4.01. The molecule has 0 spiro atoms. The number of nitrogens with one attached hydrogen (secondary N) is 2. The molecule has 4 N–H and O–H groups in total.